The number of rotatable bonds is 6. The van der Waals surface area contributed by atoms with Crippen LogP contribution in [0.15, 0.2) is 51.9 Å². The van der Waals surface area contributed by atoms with E-state index in [1.807, 2.05) is 12.1 Å². The van der Waals surface area contributed by atoms with Gasteiger partial charge < -0.3 is 14.0 Å². The maximum Gasteiger partial charge on any atom is 0.243 e. The summed E-state index contributed by atoms with van der Waals surface area (Å²) < 4.78 is 44.6. The van der Waals surface area contributed by atoms with Crippen LogP contribution in [0, 0.1) is 0 Å². The zero-order valence-electron chi connectivity index (χ0n) is 19.1. The Balaban J connectivity index is 1.20. The van der Waals surface area contributed by atoms with Crippen LogP contribution in [0.3, 0.4) is 0 Å². The van der Waals surface area contributed by atoms with Gasteiger partial charge in [0.1, 0.15) is 0 Å². The summed E-state index contributed by atoms with van der Waals surface area (Å²) in [6, 6.07) is 12.9. The van der Waals surface area contributed by atoms with Crippen LogP contribution in [-0.4, -0.2) is 67.2 Å². The van der Waals surface area contributed by atoms with Crippen molar-refractivity contribution < 1.29 is 22.4 Å². The Morgan fingerprint density at radius 2 is 1.68 bits per heavy atom. The first-order valence-corrected chi connectivity index (χ1v) is 13.0. The molecule has 0 atom stereocenters. The van der Waals surface area contributed by atoms with Gasteiger partial charge in [-0.15, -0.1) is 0 Å². The molecule has 0 amide bonds. The first-order valence-electron chi connectivity index (χ1n) is 11.6. The molecule has 34 heavy (non-hydrogen) atoms. The monoisotopic (exact) mass is 484 g/mol. The molecule has 180 valence electrons. The zero-order valence-corrected chi connectivity index (χ0v) is 20.0. The Bertz CT molecular complexity index is 1230. The number of sulfonamides is 1. The lowest BCUT2D eigenvalue weighted by atomic mass is 10.1. The number of aryl methyl sites for hydroxylation is 1. The van der Waals surface area contributed by atoms with Crippen molar-refractivity contribution in [2.75, 3.05) is 39.4 Å². The summed E-state index contributed by atoms with van der Waals surface area (Å²) in [6.07, 6.45) is 1.75. The minimum absolute atomic E-state index is 0.223. The summed E-state index contributed by atoms with van der Waals surface area (Å²) in [5.74, 6) is 2.15. The summed E-state index contributed by atoms with van der Waals surface area (Å²) in [7, 11) is -3.62. The number of aromatic nitrogens is 2. The summed E-state index contributed by atoms with van der Waals surface area (Å²) in [6.45, 7) is 5.60. The van der Waals surface area contributed by atoms with Gasteiger partial charge in [-0.2, -0.15) is 9.29 Å². The standard InChI is InChI=1S/C24H28N4O5S/c1-2-18-4-6-19(7-5-18)24-25-23(33-26-24)17-27-10-12-28(13-11-27)34(29,30)20-8-9-21-22(16-20)32-15-3-14-31-21/h4-9,16H,2-3,10-15,17H2,1H3. The van der Waals surface area contributed by atoms with Crippen molar-refractivity contribution in [3.8, 4) is 22.9 Å². The van der Waals surface area contributed by atoms with Crippen LogP contribution in [0.5, 0.6) is 11.5 Å². The van der Waals surface area contributed by atoms with Crippen molar-refractivity contribution in [1.82, 2.24) is 19.3 Å². The Hall–Kier alpha value is -2.95. The first kappa shape index (κ1) is 22.8. The second-order valence-electron chi connectivity index (χ2n) is 8.40. The van der Waals surface area contributed by atoms with Crippen molar-refractivity contribution in [3.63, 3.8) is 0 Å². The number of nitrogens with zero attached hydrogens (tertiary/aromatic N) is 4. The Kier molecular flexibility index (Phi) is 6.53. The third kappa shape index (κ3) is 4.79. The van der Waals surface area contributed by atoms with E-state index in [0.29, 0.717) is 69.2 Å². The highest BCUT2D eigenvalue weighted by molar-refractivity contribution is 7.89. The van der Waals surface area contributed by atoms with Crippen molar-refractivity contribution in [2.45, 2.75) is 31.2 Å². The van der Waals surface area contributed by atoms with Gasteiger partial charge in [0.05, 0.1) is 24.7 Å². The van der Waals surface area contributed by atoms with E-state index in [1.54, 1.807) is 18.2 Å². The normalized spacial score (nSPS) is 17.4. The molecule has 0 aliphatic carbocycles. The number of benzene rings is 2. The molecule has 1 saturated heterocycles. The third-order valence-electron chi connectivity index (χ3n) is 6.14. The van der Waals surface area contributed by atoms with Gasteiger partial charge in [0.25, 0.3) is 0 Å². The predicted molar refractivity (Wildman–Crippen MR) is 125 cm³/mol. The molecule has 0 N–H and O–H groups in total. The van der Waals surface area contributed by atoms with E-state index in [9.17, 15) is 8.42 Å². The molecule has 0 saturated carbocycles. The van der Waals surface area contributed by atoms with Gasteiger partial charge in [0, 0.05) is 44.2 Å². The van der Waals surface area contributed by atoms with E-state index in [-0.39, 0.29) is 4.90 Å². The van der Waals surface area contributed by atoms with E-state index in [0.717, 1.165) is 18.4 Å². The van der Waals surface area contributed by atoms with Crippen LogP contribution in [0.25, 0.3) is 11.4 Å². The second-order valence-corrected chi connectivity index (χ2v) is 10.3. The quantitative estimate of drug-likeness (QED) is 0.527. The fourth-order valence-corrected chi connectivity index (χ4v) is 5.54. The largest absolute Gasteiger partial charge is 0.490 e. The molecule has 2 aliphatic rings. The van der Waals surface area contributed by atoms with Crippen LogP contribution in [-0.2, 0) is 23.0 Å². The smallest absolute Gasteiger partial charge is 0.243 e. The number of hydrogen-bond acceptors (Lipinski definition) is 8. The molecule has 0 radical (unpaired) electrons. The van der Waals surface area contributed by atoms with Crippen LogP contribution in [0.1, 0.15) is 24.8 Å². The van der Waals surface area contributed by atoms with E-state index in [2.05, 4.69) is 34.1 Å². The average molecular weight is 485 g/mol. The molecular weight excluding hydrogens is 456 g/mol. The molecule has 5 rings (SSSR count). The molecule has 0 bridgehead atoms. The Morgan fingerprint density at radius 1 is 0.941 bits per heavy atom. The zero-order chi connectivity index (χ0) is 23.5. The van der Waals surface area contributed by atoms with Crippen LogP contribution in [0.4, 0.5) is 0 Å². The van der Waals surface area contributed by atoms with E-state index in [1.165, 1.54) is 9.87 Å². The highest BCUT2D eigenvalue weighted by Crippen LogP contribution is 2.33. The van der Waals surface area contributed by atoms with Gasteiger partial charge in [-0.25, -0.2) is 8.42 Å². The third-order valence-corrected chi connectivity index (χ3v) is 8.03. The number of hydrogen-bond donors (Lipinski definition) is 0. The summed E-state index contributed by atoms with van der Waals surface area (Å²) >= 11 is 0. The molecule has 10 heteroatoms. The van der Waals surface area contributed by atoms with E-state index >= 15 is 0 Å². The van der Waals surface area contributed by atoms with E-state index in [4.69, 9.17) is 14.0 Å². The summed E-state index contributed by atoms with van der Waals surface area (Å²) in [5, 5.41) is 4.10. The Morgan fingerprint density at radius 3 is 2.41 bits per heavy atom. The minimum atomic E-state index is -3.62. The van der Waals surface area contributed by atoms with Gasteiger partial charge in [0.2, 0.25) is 21.7 Å². The van der Waals surface area contributed by atoms with Crippen LogP contribution >= 0.6 is 0 Å². The molecule has 3 aromatic rings. The number of piperazine rings is 1. The van der Waals surface area contributed by atoms with Gasteiger partial charge in [-0.05, 0) is 24.1 Å². The lowest BCUT2D eigenvalue weighted by Gasteiger charge is -2.33. The molecule has 3 heterocycles. The summed E-state index contributed by atoms with van der Waals surface area (Å²) in [5.41, 5.74) is 2.17. The molecular formula is C24H28N4O5S. The number of ether oxygens (including phenoxy) is 2. The van der Waals surface area contributed by atoms with E-state index < -0.39 is 10.0 Å². The van der Waals surface area contributed by atoms with Gasteiger partial charge >= 0.3 is 0 Å². The van der Waals surface area contributed by atoms with Crippen molar-refractivity contribution >= 4 is 10.0 Å². The number of fused-ring (bicyclic) bond motifs is 1. The van der Waals surface area contributed by atoms with Crippen molar-refractivity contribution in [2.24, 2.45) is 0 Å². The predicted octanol–water partition coefficient (Wildman–Crippen LogP) is 2.97. The lowest BCUT2D eigenvalue weighted by Crippen LogP contribution is -2.48. The summed E-state index contributed by atoms with van der Waals surface area (Å²) in [4.78, 5) is 6.86. The van der Waals surface area contributed by atoms with Gasteiger partial charge in [-0.1, -0.05) is 36.3 Å². The molecule has 2 aromatic carbocycles. The second kappa shape index (κ2) is 9.73. The lowest BCUT2D eigenvalue weighted by molar-refractivity contribution is 0.163. The van der Waals surface area contributed by atoms with Crippen LogP contribution in [0.2, 0.25) is 0 Å². The molecule has 0 spiro atoms. The fourth-order valence-electron chi connectivity index (χ4n) is 4.10. The molecule has 9 nitrogen and oxygen atoms in total. The molecule has 1 fully saturated rings. The van der Waals surface area contributed by atoms with Gasteiger partial charge in [-0.3, -0.25) is 4.90 Å². The highest BCUT2D eigenvalue weighted by Gasteiger charge is 2.30. The van der Waals surface area contributed by atoms with Gasteiger partial charge in [0.15, 0.2) is 11.5 Å². The minimum Gasteiger partial charge on any atom is -0.490 e. The maximum absolute atomic E-state index is 13.2. The fraction of sp³-hybridized carbons (Fsp3) is 0.417. The SMILES string of the molecule is CCc1ccc(-c2noc(CN3CCN(S(=O)(=O)c4ccc5c(c4)OCCCO5)CC3)n2)cc1. The Labute approximate surface area is 199 Å². The van der Waals surface area contributed by atoms with Crippen molar-refractivity contribution in [3.05, 3.63) is 53.9 Å². The molecule has 2 aliphatic heterocycles. The molecule has 0 unspecified atom stereocenters. The molecule has 1 aromatic heterocycles. The average Bonchev–Trinajstić information content (AvgIpc) is 3.20. The van der Waals surface area contributed by atoms with Crippen LogP contribution < -0.4 is 9.47 Å². The topological polar surface area (TPSA) is 98.0 Å². The maximum atomic E-state index is 13.2. The highest BCUT2D eigenvalue weighted by atomic mass is 32.2. The first-order chi connectivity index (χ1) is 16.5. The van der Waals surface area contributed by atoms with Crippen molar-refractivity contribution in [1.29, 1.82) is 0 Å².